The molecule has 18 heavy (non-hydrogen) atoms. The molecule has 0 bridgehead atoms. The number of hydrogen-bond donors (Lipinski definition) is 1. The molecule has 2 heterocycles. The van der Waals surface area contributed by atoms with Gasteiger partial charge in [-0.3, -0.25) is 4.68 Å². The van der Waals surface area contributed by atoms with E-state index in [-0.39, 0.29) is 0 Å². The molecule has 0 saturated heterocycles. The molecule has 5 heteroatoms. The predicted octanol–water partition coefficient (Wildman–Crippen LogP) is 1.85. The first-order valence-electron chi connectivity index (χ1n) is 5.64. The summed E-state index contributed by atoms with van der Waals surface area (Å²) >= 11 is 0. The second-order valence-corrected chi connectivity index (χ2v) is 4.04. The van der Waals surface area contributed by atoms with E-state index in [2.05, 4.69) is 10.2 Å². The smallest absolute Gasteiger partial charge is 0.111 e. The lowest BCUT2D eigenvalue weighted by atomic mass is 10.3. The van der Waals surface area contributed by atoms with Gasteiger partial charge in [0, 0.05) is 19.4 Å². The Balaban J connectivity index is 2.05. The molecule has 90 valence electrons. The fourth-order valence-corrected chi connectivity index (χ4v) is 1.92. The maximum absolute atomic E-state index is 5.93. The molecule has 0 unspecified atom stereocenters. The van der Waals surface area contributed by atoms with Crippen molar-refractivity contribution in [3.63, 3.8) is 0 Å². The van der Waals surface area contributed by atoms with Crippen LogP contribution in [0.5, 0.6) is 0 Å². The Morgan fingerprint density at radius 3 is 2.67 bits per heavy atom. The van der Waals surface area contributed by atoms with Gasteiger partial charge in [0.05, 0.1) is 17.1 Å². The SMILES string of the molecule is Cn1nccc1-c1ccn(-c2ccccc2N)n1. The number of nitrogens with two attached hydrogens (primary N) is 1. The Kier molecular flexibility index (Phi) is 2.37. The van der Waals surface area contributed by atoms with Gasteiger partial charge in [-0.15, -0.1) is 0 Å². The first-order valence-corrected chi connectivity index (χ1v) is 5.64. The van der Waals surface area contributed by atoms with Crippen LogP contribution in [-0.2, 0) is 7.05 Å². The number of hydrogen-bond acceptors (Lipinski definition) is 3. The Morgan fingerprint density at radius 1 is 1.11 bits per heavy atom. The highest BCUT2D eigenvalue weighted by molar-refractivity contribution is 5.59. The zero-order chi connectivity index (χ0) is 12.5. The topological polar surface area (TPSA) is 61.7 Å². The van der Waals surface area contributed by atoms with E-state index in [9.17, 15) is 0 Å². The summed E-state index contributed by atoms with van der Waals surface area (Å²) in [5.41, 5.74) is 9.37. The van der Waals surface area contributed by atoms with Gasteiger partial charge in [0.15, 0.2) is 0 Å². The molecule has 5 nitrogen and oxygen atoms in total. The number of nitrogen functional groups attached to an aromatic ring is 1. The first kappa shape index (κ1) is 10.6. The number of aromatic nitrogens is 4. The molecule has 0 amide bonds. The van der Waals surface area contributed by atoms with Crippen molar-refractivity contribution < 1.29 is 0 Å². The van der Waals surface area contributed by atoms with Crippen molar-refractivity contribution in [2.75, 3.05) is 5.73 Å². The second-order valence-electron chi connectivity index (χ2n) is 4.04. The molecule has 1 aromatic carbocycles. The van der Waals surface area contributed by atoms with E-state index in [4.69, 9.17) is 5.73 Å². The average Bonchev–Trinajstić information content (AvgIpc) is 2.98. The first-order chi connectivity index (χ1) is 8.75. The number of benzene rings is 1. The molecular formula is C13H13N5. The van der Waals surface area contributed by atoms with Crippen molar-refractivity contribution >= 4 is 5.69 Å². The Labute approximate surface area is 104 Å². The van der Waals surface area contributed by atoms with Crippen LogP contribution in [0.1, 0.15) is 0 Å². The summed E-state index contributed by atoms with van der Waals surface area (Å²) in [7, 11) is 1.89. The zero-order valence-electron chi connectivity index (χ0n) is 9.99. The average molecular weight is 239 g/mol. The molecular weight excluding hydrogens is 226 g/mol. The molecule has 0 aliphatic rings. The highest BCUT2D eigenvalue weighted by atomic mass is 15.3. The van der Waals surface area contributed by atoms with Crippen LogP contribution in [0.4, 0.5) is 5.69 Å². The molecule has 0 aliphatic carbocycles. The fraction of sp³-hybridized carbons (Fsp3) is 0.0769. The van der Waals surface area contributed by atoms with E-state index in [0.717, 1.165) is 17.1 Å². The maximum atomic E-state index is 5.93. The molecule has 0 aliphatic heterocycles. The van der Waals surface area contributed by atoms with Crippen LogP contribution in [0.3, 0.4) is 0 Å². The van der Waals surface area contributed by atoms with Crippen LogP contribution in [0.2, 0.25) is 0 Å². The molecule has 0 fully saturated rings. The molecule has 0 saturated carbocycles. The highest BCUT2D eigenvalue weighted by Crippen LogP contribution is 2.20. The number of aryl methyl sites for hydroxylation is 1. The van der Waals surface area contributed by atoms with Crippen LogP contribution in [0.25, 0.3) is 17.1 Å². The Hall–Kier alpha value is -2.56. The summed E-state index contributed by atoms with van der Waals surface area (Å²) in [6.45, 7) is 0. The van der Waals surface area contributed by atoms with E-state index in [1.165, 1.54) is 0 Å². The minimum Gasteiger partial charge on any atom is -0.397 e. The lowest BCUT2D eigenvalue weighted by Gasteiger charge is -2.04. The summed E-state index contributed by atoms with van der Waals surface area (Å²) in [6, 6.07) is 11.5. The number of anilines is 1. The van der Waals surface area contributed by atoms with Crippen molar-refractivity contribution in [1.82, 2.24) is 19.6 Å². The normalized spacial score (nSPS) is 10.7. The molecule has 0 spiro atoms. The van der Waals surface area contributed by atoms with E-state index in [1.807, 2.05) is 49.6 Å². The Bertz CT molecular complexity index is 680. The van der Waals surface area contributed by atoms with Gasteiger partial charge >= 0.3 is 0 Å². The lowest BCUT2D eigenvalue weighted by Crippen LogP contribution is -2.00. The molecule has 3 aromatic rings. The number of nitrogens with zero attached hydrogens (tertiary/aromatic N) is 4. The summed E-state index contributed by atoms with van der Waals surface area (Å²) in [5, 5.41) is 8.66. The second kappa shape index (κ2) is 4.03. The van der Waals surface area contributed by atoms with Crippen LogP contribution in [0, 0.1) is 0 Å². The van der Waals surface area contributed by atoms with Crippen molar-refractivity contribution in [3.05, 3.63) is 48.8 Å². The molecule has 0 radical (unpaired) electrons. The van der Waals surface area contributed by atoms with Crippen LogP contribution >= 0.6 is 0 Å². The van der Waals surface area contributed by atoms with E-state index in [1.54, 1.807) is 15.6 Å². The van der Waals surface area contributed by atoms with Gasteiger partial charge in [-0.1, -0.05) is 12.1 Å². The monoisotopic (exact) mass is 239 g/mol. The zero-order valence-corrected chi connectivity index (χ0v) is 9.99. The van der Waals surface area contributed by atoms with E-state index < -0.39 is 0 Å². The van der Waals surface area contributed by atoms with E-state index >= 15 is 0 Å². The van der Waals surface area contributed by atoms with Gasteiger partial charge in [-0.2, -0.15) is 10.2 Å². The van der Waals surface area contributed by atoms with Gasteiger partial charge in [0.25, 0.3) is 0 Å². The molecule has 2 aromatic heterocycles. The standard InChI is InChI=1S/C13H13N5/c1-17-13(6-8-15-17)11-7-9-18(16-11)12-5-3-2-4-10(12)14/h2-9H,14H2,1H3. The minimum atomic E-state index is 0.706. The maximum Gasteiger partial charge on any atom is 0.111 e. The lowest BCUT2D eigenvalue weighted by molar-refractivity contribution is 0.769. The van der Waals surface area contributed by atoms with Crippen LogP contribution in [0.15, 0.2) is 48.8 Å². The van der Waals surface area contributed by atoms with Crippen molar-refractivity contribution in [1.29, 1.82) is 0 Å². The molecule has 0 atom stereocenters. The highest BCUT2D eigenvalue weighted by Gasteiger charge is 2.08. The third-order valence-corrected chi connectivity index (χ3v) is 2.86. The van der Waals surface area contributed by atoms with Crippen molar-refractivity contribution in [3.8, 4) is 17.1 Å². The summed E-state index contributed by atoms with van der Waals surface area (Å²) in [5.74, 6) is 0. The van der Waals surface area contributed by atoms with Crippen molar-refractivity contribution in [2.24, 2.45) is 7.05 Å². The Morgan fingerprint density at radius 2 is 1.94 bits per heavy atom. The molecule has 2 N–H and O–H groups in total. The summed E-state index contributed by atoms with van der Waals surface area (Å²) < 4.78 is 3.57. The fourth-order valence-electron chi connectivity index (χ4n) is 1.92. The largest absolute Gasteiger partial charge is 0.397 e. The van der Waals surface area contributed by atoms with Crippen molar-refractivity contribution in [2.45, 2.75) is 0 Å². The minimum absolute atomic E-state index is 0.706. The summed E-state index contributed by atoms with van der Waals surface area (Å²) in [4.78, 5) is 0. The number of rotatable bonds is 2. The third-order valence-electron chi connectivity index (χ3n) is 2.86. The predicted molar refractivity (Wildman–Crippen MR) is 70.2 cm³/mol. The number of para-hydroxylation sites is 2. The third kappa shape index (κ3) is 1.66. The van der Waals surface area contributed by atoms with Gasteiger partial charge in [0.1, 0.15) is 5.69 Å². The van der Waals surface area contributed by atoms with Crippen LogP contribution in [-0.4, -0.2) is 19.6 Å². The van der Waals surface area contributed by atoms with Gasteiger partial charge < -0.3 is 5.73 Å². The summed E-state index contributed by atoms with van der Waals surface area (Å²) in [6.07, 6.45) is 3.65. The van der Waals surface area contributed by atoms with E-state index in [0.29, 0.717) is 5.69 Å². The van der Waals surface area contributed by atoms with Gasteiger partial charge in [0.2, 0.25) is 0 Å². The molecule has 3 rings (SSSR count). The van der Waals surface area contributed by atoms with Crippen LogP contribution < -0.4 is 5.73 Å². The quantitative estimate of drug-likeness (QED) is 0.694. The van der Waals surface area contributed by atoms with Gasteiger partial charge in [-0.05, 0) is 24.3 Å². The van der Waals surface area contributed by atoms with Gasteiger partial charge in [-0.25, -0.2) is 4.68 Å².